The van der Waals surface area contributed by atoms with Gasteiger partial charge < -0.3 is 14.6 Å². The van der Waals surface area contributed by atoms with Crippen molar-refractivity contribution in [3.63, 3.8) is 0 Å². The number of hydrogen-bond donors (Lipinski definition) is 3. The number of aromatic amines is 1. The van der Waals surface area contributed by atoms with Gasteiger partial charge in [-0.15, -0.1) is 0 Å². The van der Waals surface area contributed by atoms with Gasteiger partial charge in [-0.05, 0) is 49.7 Å². The Hall–Kier alpha value is -3.81. The minimum atomic E-state index is -0.625. The van der Waals surface area contributed by atoms with Crippen LogP contribution in [-0.4, -0.2) is 42.5 Å². The lowest BCUT2D eigenvalue weighted by Gasteiger charge is -2.21. The number of fused-ring (bicyclic) bond motifs is 1. The number of rotatable bonds is 8. The van der Waals surface area contributed by atoms with Gasteiger partial charge in [0.2, 0.25) is 0 Å². The molecule has 2 aromatic carbocycles. The lowest BCUT2D eigenvalue weighted by molar-refractivity contribution is -0.148. The van der Waals surface area contributed by atoms with Crippen LogP contribution in [0.3, 0.4) is 0 Å². The van der Waals surface area contributed by atoms with E-state index in [9.17, 15) is 14.4 Å². The molecule has 0 aliphatic heterocycles. The van der Waals surface area contributed by atoms with Crippen molar-refractivity contribution in [3.8, 4) is 0 Å². The van der Waals surface area contributed by atoms with E-state index in [1.807, 2.05) is 36.4 Å². The number of esters is 1. The molecule has 3 rings (SSSR count). The van der Waals surface area contributed by atoms with Crippen LogP contribution in [0.25, 0.3) is 10.9 Å². The van der Waals surface area contributed by atoms with E-state index in [1.54, 1.807) is 18.3 Å². The van der Waals surface area contributed by atoms with Gasteiger partial charge >= 0.3 is 5.97 Å². The maximum absolute atomic E-state index is 12.2. The molecule has 31 heavy (non-hydrogen) atoms. The molecular weight excluding hydrogens is 396 g/mol. The van der Waals surface area contributed by atoms with E-state index >= 15 is 0 Å². The number of hydrogen-bond acceptors (Lipinski definition) is 5. The summed E-state index contributed by atoms with van der Waals surface area (Å²) in [7, 11) is 0. The molecular formula is C23H26N4O4. The normalized spacial score (nSPS) is 10.5. The van der Waals surface area contributed by atoms with Gasteiger partial charge in [-0.3, -0.25) is 25.2 Å². The third-order valence-electron chi connectivity index (χ3n) is 4.95. The van der Waals surface area contributed by atoms with E-state index in [4.69, 9.17) is 4.74 Å². The van der Waals surface area contributed by atoms with E-state index in [2.05, 4.69) is 34.6 Å². The van der Waals surface area contributed by atoms with Gasteiger partial charge in [0.15, 0.2) is 6.61 Å². The molecule has 0 atom stereocenters. The average molecular weight is 422 g/mol. The van der Waals surface area contributed by atoms with Crippen LogP contribution < -0.4 is 15.8 Å². The fourth-order valence-electron chi connectivity index (χ4n) is 3.28. The van der Waals surface area contributed by atoms with E-state index in [1.165, 1.54) is 0 Å². The Kier molecular flexibility index (Phi) is 7.26. The molecule has 0 spiro atoms. The summed E-state index contributed by atoms with van der Waals surface area (Å²) in [6.07, 6.45) is 1.79. The lowest BCUT2D eigenvalue weighted by atomic mass is 10.1. The minimum Gasteiger partial charge on any atom is -0.455 e. The van der Waals surface area contributed by atoms with Gasteiger partial charge in [-0.2, -0.15) is 0 Å². The van der Waals surface area contributed by atoms with Crippen molar-refractivity contribution in [1.29, 1.82) is 0 Å². The molecule has 0 aliphatic rings. The summed E-state index contributed by atoms with van der Waals surface area (Å²) < 4.78 is 5.01. The molecule has 0 unspecified atom stereocenters. The summed E-state index contributed by atoms with van der Waals surface area (Å²) in [5, 5.41) is 0.933. The molecule has 8 heteroatoms. The Morgan fingerprint density at radius 2 is 1.68 bits per heavy atom. The van der Waals surface area contributed by atoms with Crippen LogP contribution >= 0.6 is 0 Å². The number of nitrogens with zero attached hydrogens (tertiary/aromatic N) is 1. The summed E-state index contributed by atoms with van der Waals surface area (Å²) in [6, 6.07) is 14.7. The molecule has 0 fully saturated rings. The summed E-state index contributed by atoms with van der Waals surface area (Å²) >= 11 is 0. The molecule has 0 saturated heterocycles. The number of hydrazine groups is 1. The highest BCUT2D eigenvalue weighted by molar-refractivity contribution is 5.96. The van der Waals surface area contributed by atoms with Crippen LogP contribution in [0.4, 0.5) is 5.69 Å². The Labute approximate surface area is 180 Å². The number of anilines is 1. The Morgan fingerprint density at radius 3 is 2.39 bits per heavy atom. The highest BCUT2D eigenvalue weighted by Crippen LogP contribution is 2.18. The van der Waals surface area contributed by atoms with E-state index in [0.29, 0.717) is 5.56 Å². The Morgan fingerprint density at radius 1 is 0.968 bits per heavy atom. The molecule has 2 amide bonds. The number of carbonyl (C=O) groups is 3. The number of para-hydroxylation sites is 1. The van der Waals surface area contributed by atoms with Crippen molar-refractivity contribution in [2.24, 2.45) is 0 Å². The van der Waals surface area contributed by atoms with E-state index in [-0.39, 0.29) is 6.42 Å². The van der Waals surface area contributed by atoms with Gasteiger partial charge in [-0.25, -0.2) is 0 Å². The fourth-order valence-corrected chi connectivity index (χ4v) is 3.28. The maximum atomic E-state index is 12.2. The van der Waals surface area contributed by atoms with Crippen molar-refractivity contribution in [3.05, 3.63) is 65.9 Å². The third kappa shape index (κ3) is 5.63. The van der Waals surface area contributed by atoms with Gasteiger partial charge in [0.25, 0.3) is 11.8 Å². The third-order valence-corrected chi connectivity index (χ3v) is 4.95. The molecule has 1 heterocycles. The monoisotopic (exact) mass is 422 g/mol. The van der Waals surface area contributed by atoms with Gasteiger partial charge in [0.1, 0.15) is 0 Å². The predicted molar refractivity (Wildman–Crippen MR) is 119 cm³/mol. The van der Waals surface area contributed by atoms with Crippen LogP contribution in [0.5, 0.6) is 0 Å². The molecule has 3 N–H and O–H groups in total. The number of amides is 2. The summed E-state index contributed by atoms with van der Waals surface area (Å²) in [6.45, 7) is 5.39. The van der Waals surface area contributed by atoms with Crippen LogP contribution in [0.1, 0.15) is 29.8 Å². The molecule has 0 bridgehead atoms. The van der Waals surface area contributed by atoms with Crippen molar-refractivity contribution >= 4 is 34.4 Å². The summed E-state index contributed by atoms with van der Waals surface area (Å²) in [5.41, 5.74) is 7.72. The minimum absolute atomic E-state index is 0.0442. The molecule has 8 nitrogen and oxygen atoms in total. The second-order valence-electron chi connectivity index (χ2n) is 6.92. The number of carbonyl (C=O) groups excluding carboxylic acids is 3. The zero-order valence-corrected chi connectivity index (χ0v) is 17.6. The molecule has 3 aromatic rings. The van der Waals surface area contributed by atoms with E-state index < -0.39 is 24.4 Å². The zero-order chi connectivity index (χ0) is 22.2. The zero-order valence-electron chi connectivity index (χ0n) is 17.6. The van der Waals surface area contributed by atoms with Crippen molar-refractivity contribution < 1.29 is 19.1 Å². The molecule has 162 valence electrons. The van der Waals surface area contributed by atoms with Gasteiger partial charge in [0, 0.05) is 41.4 Å². The van der Waals surface area contributed by atoms with Crippen LogP contribution in [0.2, 0.25) is 0 Å². The summed E-state index contributed by atoms with van der Waals surface area (Å²) in [4.78, 5) is 41.4. The van der Waals surface area contributed by atoms with E-state index in [0.717, 1.165) is 35.2 Å². The smallest absolute Gasteiger partial charge is 0.310 e. The Bertz CT molecular complexity index is 1050. The first-order chi connectivity index (χ1) is 15.0. The number of ether oxygens (including phenoxy) is 1. The largest absolute Gasteiger partial charge is 0.455 e. The highest BCUT2D eigenvalue weighted by atomic mass is 16.5. The first-order valence-corrected chi connectivity index (χ1v) is 10.2. The molecule has 0 saturated carbocycles. The van der Waals surface area contributed by atoms with Gasteiger partial charge in [-0.1, -0.05) is 18.2 Å². The van der Waals surface area contributed by atoms with Crippen LogP contribution in [-0.2, 0) is 20.7 Å². The van der Waals surface area contributed by atoms with Crippen LogP contribution in [0, 0.1) is 0 Å². The topological polar surface area (TPSA) is 104 Å². The van der Waals surface area contributed by atoms with Crippen molar-refractivity contribution in [2.45, 2.75) is 20.3 Å². The second kappa shape index (κ2) is 10.3. The van der Waals surface area contributed by atoms with Gasteiger partial charge in [0.05, 0.1) is 6.42 Å². The standard InChI is InChI=1S/C23H26N4O4/c1-3-27(4-2)18-11-9-16(10-12-18)23(30)26-25-21(28)15-31-22(29)13-17-14-24-20-8-6-5-7-19(17)20/h5-12,14,24H,3-4,13,15H2,1-2H3,(H,25,28)(H,26,30). The van der Waals surface area contributed by atoms with Crippen LogP contribution in [0.15, 0.2) is 54.7 Å². The number of benzene rings is 2. The van der Waals surface area contributed by atoms with Crippen molar-refractivity contribution in [2.75, 3.05) is 24.6 Å². The highest BCUT2D eigenvalue weighted by Gasteiger charge is 2.13. The first kappa shape index (κ1) is 21.9. The quantitative estimate of drug-likeness (QED) is 0.382. The number of aromatic nitrogens is 1. The second-order valence-corrected chi connectivity index (χ2v) is 6.92. The Balaban J connectivity index is 1.43. The average Bonchev–Trinajstić information content (AvgIpc) is 3.20. The first-order valence-electron chi connectivity index (χ1n) is 10.2. The molecule has 1 aromatic heterocycles. The molecule has 0 radical (unpaired) electrons. The molecule has 0 aliphatic carbocycles. The summed E-state index contributed by atoms with van der Waals surface area (Å²) in [5.74, 6) is -1.61. The predicted octanol–water partition coefficient (Wildman–Crippen LogP) is 2.56. The maximum Gasteiger partial charge on any atom is 0.310 e. The fraction of sp³-hybridized carbons (Fsp3) is 0.261. The number of nitrogens with one attached hydrogen (secondary N) is 3. The number of H-pyrrole nitrogens is 1. The SMILES string of the molecule is CCN(CC)c1ccc(C(=O)NNC(=O)COC(=O)Cc2c[nH]c3ccccc23)cc1. The van der Waals surface area contributed by atoms with Crippen molar-refractivity contribution in [1.82, 2.24) is 15.8 Å². The lowest BCUT2D eigenvalue weighted by Crippen LogP contribution is -2.43.